The van der Waals surface area contributed by atoms with Crippen LogP contribution in [0.25, 0.3) is 0 Å². The maximum atomic E-state index is 6.00. The first kappa shape index (κ1) is 12.7. The molecule has 2 N–H and O–H groups in total. The molecule has 0 saturated heterocycles. The van der Waals surface area contributed by atoms with Gasteiger partial charge < -0.3 is 14.9 Å². The SMILES string of the molecule is CC1CC(C)CC(OCc2ccoc2CN)C1. The third-order valence-corrected chi connectivity index (χ3v) is 3.63. The Morgan fingerprint density at radius 3 is 2.65 bits per heavy atom. The highest BCUT2D eigenvalue weighted by molar-refractivity contribution is 5.15. The highest BCUT2D eigenvalue weighted by atomic mass is 16.5. The molecule has 2 rings (SSSR count). The minimum Gasteiger partial charge on any atom is -0.468 e. The first-order valence-corrected chi connectivity index (χ1v) is 6.56. The van der Waals surface area contributed by atoms with Gasteiger partial charge >= 0.3 is 0 Å². The molecule has 1 aliphatic rings. The van der Waals surface area contributed by atoms with Crippen molar-refractivity contribution in [2.75, 3.05) is 0 Å². The van der Waals surface area contributed by atoms with E-state index in [2.05, 4.69) is 13.8 Å². The summed E-state index contributed by atoms with van der Waals surface area (Å²) in [6.07, 6.45) is 5.78. The summed E-state index contributed by atoms with van der Waals surface area (Å²) in [6.45, 7) is 5.71. The fourth-order valence-electron chi connectivity index (χ4n) is 2.89. The average Bonchev–Trinajstić information content (AvgIpc) is 2.72. The van der Waals surface area contributed by atoms with Gasteiger partial charge in [-0.3, -0.25) is 0 Å². The average molecular weight is 237 g/mol. The van der Waals surface area contributed by atoms with Gasteiger partial charge in [0.15, 0.2) is 0 Å². The molecule has 1 aromatic heterocycles. The van der Waals surface area contributed by atoms with Crippen molar-refractivity contribution in [3.63, 3.8) is 0 Å². The summed E-state index contributed by atoms with van der Waals surface area (Å²) in [5.74, 6) is 2.41. The van der Waals surface area contributed by atoms with Gasteiger partial charge in [-0.15, -0.1) is 0 Å². The van der Waals surface area contributed by atoms with E-state index in [4.69, 9.17) is 14.9 Å². The van der Waals surface area contributed by atoms with Crippen molar-refractivity contribution in [3.05, 3.63) is 23.7 Å². The van der Waals surface area contributed by atoms with E-state index in [1.807, 2.05) is 6.07 Å². The molecule has 2 atom stereocenters. The summed E-state index contributed by atoms with van der Waals surface area (Å²) in [5.41, 5.74) is 6.69. The minimum atomic E-state index is 0.397. The van der Waals surface area contributed by atoms with Crippen LogP contribution in [0.2, 0.25) is 0 Å². The number of nitrogens with two attached hydrogens (primary N) is 1. The van der Waals surface area contributed by atoms with E-state index in [0.29, 0.717) is 19.3 Å². The van der Waals surface area contributed by atoms with Crippen LogP contribution in [0.4, 0.5) is 0 Å². The molecule has 1 heterocycles. The van der Waals surface area contributed by atoms with Crippen LogP contribution in [0, 0.1) is 11.8 Å². The van der Waals surface area contributed by atoms with Crippen molar-refractivity contribution >= 4 is 0 Å². The molecule has 1 aliphatic carbocycles. The zero-order valence-electron chi connectivity index (χ0n) is 10.8. The van der Waals surface area contributed by atoms with Crippen molar-refractivity contribution < 1.29 is 9.15 Å². The van der Waals surface area contributed by atoms with Crippen LogP contribution < -0.4 is 5.73 Å². The molecule has 17 heavy (non-hydrogen) atoms. The van der Waals surface area contributed by atoms with Gasteiger partial charge in [0.25, 0.3) is 0 Å². The quantitative estimate of drug-likeness (QED) is 0.875. The second-order valence-corrected chi connectivity index (χ2v) is 5.42. The summed E-state index contributed by atoms with van der Waals surface area (Å²) in [7, 11) is 0. The van der Waals surface area contributed by atoms with Crippen molar-refractivity contribution in [2.45, 2.75) is 52.4 Å². The van der Waals surface area contributed by atoms with Crippen LogP contribution in [0.5, 0.6) is 0 Å². The van der Waals surface area contributed by atoms with E-state index in [0.717, 1.165) is 23.2 Å². The Balaban J connectivity index is 1.85. The van der Waals surface area contributed by atoms with Crippen LogP contribution in [0.15, 0.2) is 16.7 Å². The fraction of sp³-hybridized carbons (Fsp3) is 0.714. The number of ether oxygens (including phenoxy) is 1. The van der Waals surface area contributed by atoms with E-state index in [9.17, 15) is 0 Å². The molecule has 0 aromatic carbocycles. The van der Waals surface area contributed by atoms with E-state index in [-0.39, 0.29) is 0 Å². The zero-order chi connectivity index (χ0) is 12.3. The Labute approximate surface area is 103 Å². The van der Waals surface area contributed by atoms with Crippen molar-refractivity contribution in [2.24, 2.45) is 17.6 Å². The minimum absolute atomic E-state index is 0.397. The van der Waals surface area contributed by atoms with Gasteiger partial charge in [0, 0.05) is 5.56 Å². The lowest BCUT2D eigenvalue weighted by Crippen LogP contribution is -2.26. The van der Waals surface area contributed by atoms with Gasteiger partial charge in [-0.2, -0.15) is 0 Å². The second-order valence-electron chi connectivity index (χ2n) is 5.42. The molecule has 96 valence electrons. The monoisotopic (exact) mass is 237 g/mol. The van der Waals surface area contributed by atoms with Crippen LogP contribution in [-0.4, -0.2) is 6.10 Å². The van der Waals surface area contributed by atoms with Gasteiger partial charge in [-0.25, -0.2) is 0 Å². The molecule has 0 amide bonds. The predicted molar refractivity (Wildman–Crippen MR) is 67.4 cm³/mol. The molecule has 2 unspecified atom stereocenters. The van der Waals surface area contributed by atoms with Gasteiger partial charge in [-0.05, 0) is 37.2 Å². The first-order chi connectivity index (χ1) is 8.19. The summed E-state index contributed by atoms with van der Waals surface area (Å²) >= 11 is 0. The highest BCUT2D eigenvalue weighted by Gasteiger charge is 2.24. The summed E-state index contributed by atoms with van der Waals surface area (Å²) < 4.78 is 11.3. The number of furan rings is 1. The number of rotatable bonds is 4. The Bertz CT molecular complexity index is 338. The van der Waals surface area contributed by atoms with E-state index >= 15 is 0 Å². The summed E-state index contributed by atoms with van der Waals surface area (Å²) in [4.78, 5) is 0. The number of hydrogen-bond acceptors (Lipinski definition) is 3. The molecule has 0 spiro atoms. The molecule has 3 heteroatoms. The van der Waals surface area contributed by atoms with Crippen molar-refractivity contribution in [1.82, 2.24) is 0 Å². The Kier molecular flexibility index (Phi) is 4.24. The normalized spacial score (nSPS) is 29.5. The summed E-state index contributed by atoms with van der Waals surface area (Å²) in [6, 6.07) is 1.96. The van der Waals surface area contributed by atoms with Crippen LogP contribution in [0.1, 0.15) is 44.4 Å². The number of hydrogen-bond donors (Lipinski definition) is 1. The van der Waals surface area contributed by atoms with Crippen LogP contribution in [-0.2, 0) is 17.9 Å². The lowest BCUT2D eigenvalue weighted by atomic mass is 9.82. The second kappa shape index (κ2) is 5.69. The third-order valence-electron chi connectivity index (χ3n) is 3.63. The van der Waals surface area contributed by atoms with Crippen LogP contribution in [0.3, 0.4) is 0 Å². The van der Waals surface area contributed by atoms with Gasteiger partial charge in [0.1, 0.15) is 5.76 Å². The summed E-state index contributed by atoms with van der Waals surface area (Å²) in [5, 5.41) is 0. The first-order valence-electron chi connectivity index (χ1n) is 6.56. The molecular weight excluding hydrogens is 214 g/mol. The zero-order valence-corrected chi connectivity index (χ0v) is 10.8. The molecule has 0 radical (unpaired) electrons. The van der Waals surface area contributed by atoms with Gasteiger partial charge in [0.2, 0.25) is 0 Å². The topological polar surface area (TPSA) is 48.4 Å². The van der Waals surface area contributed by atoms with Crippen molar-refractivity contribution in [3.8, 4) is 0 Å². The largest absolute Gasteiger partial charge is 0.468 e. The molecule has 0 aliphatic heterocycles. The standard InChI is InChI=1S/C14H23NO2/c1-10-5-11(2)7-13(6-10)17-9-12-3-4-16-14(12)8-15/h3-4,10-11,13H,5-9,15H2,1-2H3. The van der Waals surface area contributed by atoms with E-state index < -0.39 is 0 Å². The molecule has 0 bridgehead atoms. The maximum Gasteiger partial charge on any atom is 0.122 e. The lowest BCUT2D eigenvalue weighted by Gasteiger charge is -2.31. The third kappa shape index (κ3) is 3.33. The van der Waals surface area contributed by atoms with E-state index in [1.165, 1.54) is 19.3 Å². The van der Waals surface area contributed by atoms with Crippen molar-refractivity contribution in [1.29, 1.82) is 0 Å². The van der Waals surface area contributed by atoms with Crippen LogP contribution >= 0.6 is 0 Å². The lowest BCUT2D eigenvalue weighted by molar-refractivity contribution is -0.00963. The highest BCUT2D eigenvalue weighted by Crippen LogP contribution is 2.30. The van der Waals surface area contributed by atoms with Gasteiger partial charge in [-0.1, -0.05) is 13.8 Å². The smallest absolute Gasteiger partial charge is 0.122 e. The predicted octanol–water partition coefficient (Wildman–Crippen LogP) is 3.08. The van der Waals surface area contributed by atoms with Gasteiger partial charge in [0.05, 0.1) is 25.5 Å². The molecule has 1 fully saturated rings. The molecule has 1 aromatic rings. The molecule has 1 saturated carbocycles. The van der Waals surface area contributed by atoms with E-state index in [1.54, 1.807) is 6.26 Å². The molecular formula is C14H23NO2. The maximum absolute atomic E-state index is 6.00. The molecule has 3 nitrogen and oxygen atoms in total. The Hall–Kier alpha value is -0.800. The Morgan fingerprint density at radius 2 is 2.00 bits per heavy atom. The Morgan fingerprint density at radius 1 is 1.29 bits per heavy atom. The fourth-order valence-corrected chi connectivity index (χ4v) is 2.89.